The fourth-order valence-electron chi connectivity index (χ4n) is 3.86. The molecule has 1 saturated heterocycles. The van der Waals surface area contributed by atoms with Gasteiger partial charge in [0.15, 0.2) is 0 Å². The summed E-state index contributed by atoms with van der Waals surface area (Å²) < 4.78 is 5.13. The Morgan fingerprint density at radius 2 is 1.70 bits per heavy atom. The molecule has 3 amide bonds. The second-order valence-electron chi connectivity index (χ2n) is 7.85. The van der Waals surface area contributed by atoms with E-state index in [1.807, 2.05) is 0 Å². The van der Waals surface area contributed by atoms with E-state index in [0.717, 1.165) is 0 Å². The molecule has 3 rings (SSSR count). The highest BCUT2D eigenvalue weighted by atomic mass is 35.5. The van der Waals surface area contributed by atoms with Crippen molar-refractivity contribution in [1.29, 1.82) is 0 Å². The number of methoxy groups -OCH3 is 1. The largest absolute Gasteiger partial charge is 0.497 e. The lowest BCUT2D eigenvalue weighted by molar-refractivity contribution is -0.124. The minimum Gasteiger partial charge on any atom is -0.497 e. The van der Waals surface area contributed by atoms with Gasteiger partial charge in [0.25, 0.3) is 11.8 Å². The predicted octanol–water partition coefficient (Wildman–Crippen LogP) is 3.30. The third kappa shape index (κ3) is 6.35. The van der Waals surface area contributed by atoms with Crippen LogP contribution in [0.1, 0.15) is 33.6 Å². The van der Waals surface area contributed by atoms with E-state index in [2.05, 4.69) is 17.2 Å². The summed E-state index contributed by atoms with van der Waals surface area (Å²) >= 11 is 5.91. The summed E-state index contributed by atoms with van der Waals surface area (Å²) in [7, 11) is 1.55. The molecule has 0 bridgehead atoms. The van der Waals surface area contributed by atoms with E-state index < -0.39 is 6.04 Å². The van der Waals surface area contributed by atoms with Gasteiger partial charge in [0, 0.05) is 35.8 Å². The molecular formula is C25H28ClN3O4. The van der Waals surface area contributed by atoms with Crippen LogP contribution in [0.15, 0.2) is 61.2 Å². The molecule has 0 aliphatic carbocycles. The summed E-state index contributed by atoms with van der Waals surface area (Å²) in [5.74, 6) is -0.133. The fraction of sp³-hybridized carbons (Fsp3) is 0.320. The van der Waals surface area contributed by atoms with Crippen LogP contribution in [0.4, 0.5) is 0 Å². The molecule has 174 valence electrons. The highest BCUT2D eigenvalue weighted by Crippen LogP contribution is 2.23. The van der Waals surface area contributed by atoms with Gasteiger partial charge in [0.1, 0.15) is 11.8 Å². The second-order valence-corrected chi connectivity index (χ2v) is 8.29. The lowest BCUT2D eigenvalue weighted by atomic mass is 9.88. The summed E-state index contributed by atoms with van der Waals surface area (Å²) in [5.41, 5.74) is 1.01. The normalized spacial score (nSPS) is 14.8. The Hall–Kier alpha value is -3.32. The average Bonchev–Trinajstić information content (AvgIpc) is 2.86. The minimum atomic E-state index is -0.715. The van der Waals surface area contributed by atoms with Crippen molar-refractivity contribution in [2.45, 2.75) is 18.9 Å². The van der Waals surface area contributed by atoms with Gasteiger partial charge in [-0.15, -0.1) is 6.58 Å². The van der Waals surface area contributed by atoms with Gasteiger partial charge in [0.05, 0.1) is 7.11 Å². The van der Waals surface area contributed by atoms with Gasteiger partial charge in [-0.1, -0.05) is 17.7 Å². The van der Waals surface area contributed by atoms with Crippen molar-refractivity contribution >= 4 is 29.3 Å². The van der Waals surface area contributed by atoms with Crippen molar-refractivity contribution in [3.8, 4) is 5.75 Å². The standard InChI is InChI=1S/C25H28ClN3O4/c1-3-14-27-24(31)22(28-23(30)18-6-10-21(33-2)11-7-18)17-12-15-29(16-13-17)25(32)19-4-8-20(26)9-5-19/h3-11,17,22H,1,12-16H2,2H3,(H,27,31)(H,28,30). The maximum atomic E-state index is 12.9. The third-order valence-corrected chi connectivity index (χ3v) is 5.98. The van der Waals surface area contributed by atoms with Crippen LogP contribution < -0.4 is 15.4 Å². The molecule has 0 radical (unpaired) electrons. The lowest BCUT2D eigenvalue weighted by Crippen LogP contribution is -2.53. The Morgan fingerprint density at radius 1 is 1.09 bits per heavy atom. The van der Waals surface area contributed by atoms with Crippen LogP contribution in [0.25, 0.3) is 0 Å². The number of carbonyl (C=O) groups is 3. The van der Waals surface area contributed by atoms with Gasteiger partial charge in [-0.05, 0) is 67.3 Å². The highest BCUT2D eigenvalue weighted by Gasteiger charge is 2.34. The quantitative estimate of drug-likeness (QED) is 0.581. The monoisotopic (exact) mass is 469 g/mol. The van der Waals surface area contributed by atoms with Crippen LogP contribution in [0.5, 0.6) is 5.75 Å². The molecule has 1 unspecified atom stereocenters. The number of carbonyl (C=O) groups excluding carboxylic acids is 3. The van der Waals surface area contributed by atoms with Crippen LogP contribution in [-0.4, -0.2) is 55.4 Å². The molecule has 2 N–H and O–H groups in total. The zero-order chi connectivity index (χ0) is 23.8. The summed E-state index contributed by atoms with van der Waals surface area (Å²) in [6.07, 6.45) is 2.77. The van der Waals surface area contributed by atoms with Crippen molar-refractivity contribution in [3.05, 3.63) is 77.3 Å². The number of piperidine rings is 1. The van der Waals surface area contributed by atoms with Crippen molar-refractivity contribution in [3.63, 3.8) is 0 Å². The Balaban J connectivity index is 1.67. The van der Waals surface area contributed by atoms with Crippen LogP contribution in [0.2, 0.25) is 5.02 Å². The Morgan fingerprint density at radius 3 is 2.27 bits per heavy atom. The van der Waals surface area contributed by atoms with Crippen molar-refractivity contribution in [1.82, 2.24) is 15.5 Å². The highest BCUT2D eigenvalue weighted by molar-refractivity contribution is 6.30. The topological polar surface area (TPSA) is 87.7 Å². The first-order chi connectivity index (χ1) is 15.9. The number of amides is 3. The molecule has 8 heteroatoms. The molecule has 1 aliphatic rings. The zero-order valence-electron chi connectivity index (χ0n) is 18.6. The molecule has 0 saturated carbocycles. The van der Waals surface area contributed by atoms with Crippen molar-refractivity contribution in [2.24, 2.45) is 5.92 Å². The lowest BCUT2D eigenvalue weighted by Gasteiger charge is -2.35. The van der Waals surface area contributed by atoms with Crippen LogP contribution in [-0.2, 0) is 4.79 Å². The number of likely N-dealkylation sites (tertiary alicyclic amines) is 1. The molecule has 1 fully saturated rings. The molecule has 0 spiro atoms. The van der Waals surface area contributed by atoms with E-state index in [4.69, 9.17) is 16.3 Å². The van der Waals surface area contributed by atoms with E-state index in [-0.39, 0.29) is 23.6 Å². The van der Waals surface area contributed by atoms with E-state index in [9.17, 15) is 14.4 Å². The molecule has 1 heterocycles. The number of rotatable bonds is 8. The van der Waals surface area contributed by atoms with E-state index in [1.54, 1.807) is 66.6 Å². The molecular weight excluding hydrogens is 442 g/mol. The smallest absolute Gasteiger partial charge is 0.253 e. The average molecular weight is 470 g/mol. The number of halogens is 1. The van der Waals surface area contributed by atoms with Gasteiger partial charge < -0.3 is 20.3 Å². The number of ether oxygens (including phenoxy) is 1. The fourth-order valence-corrected chi connectivity index (χ4v) is 3.98. The molecule has 7 nitrogen and oxygen atoms in total. The Kier molecular flexibility index (Phi) is 8.49. The summed E-state index contributed by atoms with van der Waals surface area (Å²) in [6, 6.07) is 12.8. The van der Waals surface area contributed by atoms with E-state index in [0.29, 0.717) is 54.4 Å². The van der Waals surface area contributed by atoms with Gasteiger partial charge in [0.2, 0.25) is 5.91 Å². The van der Waals surface area contributed by atoms with Gasteiger partial charge in [-0.2, -0.15) is 0 Å². The molecule has 33 heavy (non-hydrogen) atoms. The van der Waals surface area contributed by atoms with Gasteiger partial charge in [-0.25, -0.2) is 0 Å². The molecule has 2 aromatic carbocycles. The SMILES string of the molecule is C=CCNC(=O)C(NC(=O)c1ccc(OC)cc1)C1CCN(C(=O)c2ccc(Cl)cc2)CC1. The predicted molar refractivity (Wildman–Crippen MR) is 128 cm³/mol. The van der Waals surface area contributed by atoms with Gasteiger partial charge >= 0.3 is 0 Å². The molecule has 2 aromatic rings. The van der Waals surface area contributed by atoms with Crippen LogP contribution >= 0.6 is 11.6 Å². The van der Waals surface area contributed by atoms with Crippen LogP contribution in [0, 0.1) is 5.92 Å². The second kappa shape index (κ2) is 11.5. The molecule has 1 aliphatic heterocycles. The summed E-state index contributed by atoms with van der Waals surface area (Å²) in [4.78, 5) is 40.2. The number of nitrogens with zero attached hydrogens (tertiary/aromatic N) is 1. The summed E-state index contributed by atoms with van der Waals surface area (Å²) in [6.45, 7) is 4.93. The Labute approximate surface area is 198 Å². The maximum Gasteiger partial charge on any atom is 0.253 e. The van der Waals surface area contributed by atoms with E-state index >= 15 is 0 Å². The number of hydrogen-bond acceptors (Lipinski definition) is 4. The maximum absolute atomic E-state index is 12.9. The Bertz CT molecular complexity index is 984. The number of hydrogen-bond donors (Lipinski definition) is 2. The number of benzene rings is 2. The van der Waals surface area contributed by atoms with E-state index in [1.165, 1.54) is 0 Å². The minimum absolute atomic E-state index is 0.0694. The van der Waals surface area contributed by atoms with Crippen molar-refractivity contribution in [2.75, 3.05) is 26.7 Å². The van der Waals surface area contributed by atoms with Gasteiger partial charge in [-0.3, -0.25) is 14.4 Å². The molecule has 0 aromatic heterocycles. The first-order valence-electron chi connectivity index (χ1n) is 10.8. The molecule has 1 atom stereocenters. The first kappa shape index (κ1) is 24.3. The summed E-state index contributed by atoms with van der Waals surface area (Å²) in [5, 5.41) is 6.25. The zero-order valence-corrected chi connectivity index (χ0v) is 19.3. The van der Waals surface area contributed by atoms with Crippen LogP contribution in [0.3, 0.4) is 0 Å². The third-order valence-electron chi connectivity index (χ3n) is 5.73. The first-order valence-corrected chi connectivity index (χ1v) is 11.2. The number of nitrogens with one attached hydrogen (secondary N) is 2. The van der Waals surface area contributed by atoms with Crippen molar-refractivity contribution < 1.29 is 19.1 Å².